The van der Waals surface area contributed by atoms with Crippen molar-refractivity contribution in [3.8, 4) is 0 Å². The van der Waals surface area contributed by atoms with Crippen molar-refractivity contribution >= 4 is 27.1 Å². The molecule has 1 aromatic heterocycles. The minimum absolute atomic E-state index is 0.374. The van der Waals surface area contributed by atoms with Crippen molar-refractivity contribution in [1.29, 1.82) is 0 Å². The molecule has 0 unspecified atom stereocenters. The van der Waals surface area contributed by atoms with Crippen LogP contribution in [0.5, 0.6) is 0 Å². The predicted molar refractivity (Wildman–Crippen MR) is 112 cm³/mol. The second kappa shape index (κ2) is 9.32. The van der Waals surface area contributed by atoms with Gasteiger partial charge in [-0.3, -0.25) is 4.99 Å². The zero-order chi connectivity index (χ0) is 20.0. The molecule has 1 heterocycles. The highest BCUT2D eigenvalue weighted by molar-refractivity contribution is 7.90. The number of aliphatic imine (C=N–C) groups is 1. The zero-order valence-electron chi connectivity index (χ0n) is 16.6. The van der Waals surface area contributed by atoms with Crippen molar-refractivity contribution in [3.63, 3.8) is 0 Å². The van der Waals surface area contributed by atoms with Gasteiger partial charge in [0, 0.05) is 37.7 Å². The van der Waals surface area contributed by atoms with E-state index < -0.39 is 9.84 Å². The number of guanidine groups is 1. The van der Waals surface area contributed by atoms with E-state index in [1.165, 1.54) is 16.8 Å². The molecule has 2 aromatic rings. The van der Waals surface area contributed by atoms with Gasteiger partial charge in [0.2, 0.25) is 0 Å². The molecule has 6 nitrogen and oxygen atoms in total. The number of hydrogen-bond acceptors (Lipinski definition) is 5. The molecule has 0 saturated heterocycles. The third kappa shape index (κ3) is 6.04. The number of thiazole rings is 1. The Balaban J connectivity index is 1.87. The maximum Gasteiger partial charge on any atom is 0.191 e. The molecule has 8 heteroatoms. The Labute approximate surface area is 166 Å². The number of rotatable bonds is 7. The minimum atomic E-state index is -3.19. The lowest BCUT2D eigenvalue weighted by molar-refractivity contribution is 0.601. The number of aromatic nitrogens is 1. The van der Waals surface area contributed by atoms with Gasteiger partial charge in [0.15, 0.2) is 15.8 Å². The lowest BCUT2D eigenvalue weighted by atomic mass is 10.1. The molecule has 2 rings (SSSR count). The normalized spacial score (nSPS) is 12.3. The van der Waals surface area contributed by atoms with Crippen LogP contribution in [0.1, 0.15) is 33.6 Å². The fourth-order valence-corrected chi connectivity index (χ4v) is 4.83. The molecule has 0 aliphatic heterocycles. The van der Waals surface area contributed by atoms with E-state index in [2.05, 4.69) is 34.5 Å². The molecule has 148 valence electrons. The third-order valence-corrected chi connectivity index (χ3v) is 6.56. The van der Waals surface area contributed by atoms with E-state index in [1.807, 2.05) is 19.1 Å². The first kappa shape index (κ1) is 21.4. The second-order valence-electron chi connectivity index (χ2n) is 6.44. The summed E-state index contributed by atoms with van der Waals surface area (Å²) in [6.45, 7) is 7.38. The highest BCUT2D eigenvalue weighted by Gasteiger charge is 2.11. The van der Waals surface area contributed by atoms with E-state index in [9.17, 15) is 8.42 Å². The van der Waals surface area contributed by atoms with Crippen molar-refractivity contribution in [1.82, 2.24) is 15.6 Å². The monoisotopic (exact) mass is 408 g/mol. The van der Waals surface area contributed by atoms with E-state index in [1.54, 1.807) is 24.5 Å². The number of nitrogens with one attached hydrogen (secondary N) is 2. The van der Waals surface area contributed by atoms with Gasteiger partial charge in [0.25, 0.3) is 0 Å². The molecule has 0 spiro atoms. The fraction of sp³-hybridized carbons (Fsp3) is 0.474. The van der Waals surface area contributed by atoms with Gasteiger partial charge in [-0.25, -0.2) is 13.4 Å². The summed E-state index contributed by atoms with van der Waals surface area (Å²) in [5.41, 5.74) is 2.95. The maximum atomic E-state index is 11.7. The molecular formula is C19H28N4O2S2. The molecule has 0 fully saturated rings. The van der Waals surface area contributed by atoms with Crippen LogP contribution in [0.25, 0.3) is 0 Å². The Kier molecular flexibility index (Phi) is 7.38. The van der Waals surface area contributed by atoms with Gasteiger partial charge in [-0.05, 0) is 37.5 Å². The van der Waals surface area contributed by atoms with Crippen molar-refractivity contribution in [2.45, 2.75) is 45.1 Å². The van der Waals surface area contributed by atoms with Gasteiger partial charge in [-0.1, -0.05) is 19.1 Å². The van der Waals surface area contributed by atoms with Crippen LogP contribution in [0.15, 0.2) is 28.1 Å². The van der Waals surface area contributed by atoms with Gasteiger partial charge in [0.1, 0.15) is 0 Å². The van der Waals surface area contributed by atoms with Gasteiger partial charge in [-0.15, -0.1) is 11.3 Å². The standard InChI is InChI=1S/C19H28N4O2S2/c1-6-16-14(3)26-18(23-16)9-10-21-19(20-4)22-12-15-7-8-17(13(2)11-15)27(5,24)25/h7-8,11H,6,9-10,12H2,1-5H3,(H2,20,21,22). The summed E-state index contributed by atoms with van der Waals surface area (Å²) >= 11 is 1.75. The molecular weight excluding hydrogens is 380 g/mol. The maximum absolute atomic E-state index is 11.7. The van der Waals surface area contributed by atoms with Crippen molar-refractivity contribution in [3.05, 3.63) is 44.9 Å². The van der Waals surface area contributed by atoms with E-state index in [0.717, 1.165) is 35.5 Å². The van der Waals surface area contributed by atoms with Crippen molar-refractivity contribution in [2.24, 2.45) is 4.99 Å². The van der Waals surface area contributed by atoms with Crippen LogP contribution < -0.4 is 10.6 Å². The first-order valence-electron chi connectivity index (χ1n) is 8.93. The molecule has 0 bridgehead atoms. The van der Waals surface area contributed by atoms with Crippen LogP contribution >= 0.6 is 11.3 Å². The fourth-order valence-electron chi connectivity index (χ4n) is 2.85. The van der Waals surface area contributed by atoms with E-state index >= 15 is 0 Å². The summed E-state index contributed by atoms with van der Waals surface area (Å²) in [5, 5.41) is 7.69. The van der Waals surface area contributed by atoms with Crippen LogP contribution in [0.3, 0.4) is 0 Å². The van der Waals surface area contributed by atoms with Crippen LogP contribution in [-0.4, -0.2) is 39.2 Å². The van der Waals surface area contributed by atoms with Crippen molar-refractivity contribution in [2.75, 3.05) is 19.8 Å². The topological polar surface area (TPSA) is 83.4 Å². The summed E-state index contributed by atoms with van der Waals surface area (Å²) in [6.07, 6.45) is 3.05. The Morgan fingerprint density at radius 1 is 1.26 bits per heavy atom. The second-order valence-corrected chi connectivity index (χ2v) is 9.71. The average Bonchev–Trinajstić information content (AvgIpc) is 2.96. The van der Waals surface area contributed by atoms with Crippen LogP contribution in [-0.2, 0) is 29.2 Å². The van der Waals surface area contributed by atoms with Gasteiger partial charge in [-0.2, -0.15) is 0 Å². The lowest BCUT2D eigenvalue weighted by Crippen LogP contribution is -2.37. The van der Waals surface area contributed by atoms with Gasteiger partial charge < -0.3 is 10.6 Å². The van der Waals surface area contributed by atoms with Crippen LogP contribution in [0.2, 0.25) is 0 Å². The molecule has 0 aliphatic carbocycles. The Morgan fingerprint density at radius 2 is 2.00 bits per heavy atom. The third-order valence-electron chi connectivity index (χ3n) is 4.23. The first-order chi connectivity index (χ1) is 12.7. The number of aryl methyl sites for hydroxylation is 3. The van der Waals surface area contributed by atoms with E-state index in [0.29, 0.717) is 17.4 Å². The Morgan fingerprint density at radius 3 is 2.56 bits per heavy atom. The smallest absolute Gasteiger partial charge is 0.191 e. The molecule has 27 heavy (non-hydrogen) atoms. The number of hydrogen-bond donors (Lipinski definition) is 2. The Bertz CT molecular complexity index is 918. The largest absolute Gasteiger partial charge is 0.356 e. The summed E-state index contributed by atoms with van der Waals surface area (Å²) < 4.78 is 23.4. The number of benzene rings is 1. The highest BCUT2D eigenvalue weighted by Crippen LogP contribution is 2.18. The molecule has 2 N–H and O–H groups in total. The quantitative estimate of drug-likeness (QED) is 0.544. The van der Waals surface area contributed by atoms with Crippen LogP contribution in [0, 0.1) is 13.8 Å². The molecule has 0 amide bonds. The minimum Gasteiger partial charge on any atom is -0.356 e. The van der Waals surface area contributed by atoms with E-state index in [4.69, 9.17) is 0 Å². The highest BCUT2D eigenvalue weighted by atomic mass is 32.2. The van der Waals surface area contributed by atoms with Gasteiger partial charge >= 0.3 is 0 Å². The summed E-state index contributed by atoms with van der Waals surface area (Å²) in [4.78, 5) is 10.6. The summed E-state index contributed by atoms with van der Waals surface area (Å²) in [6, 6.07) is 5.38. The zero-order valence-corrected chi connectivity index (χ0v) is 18.2. The first-order valence-corrected chi connectivity index (χ1v) is 11.6. The molecule has 0 aliphatic rings. The lowest BCUT2D eigenvalue weighted by Gasteiger charge is -2.12. The SMILES string of the molecule is CCc1nc(CCNC(=NC)NCc2ccc(S(C)(=O)=O)c(C)c2)sc1C. The van der Waals surface area contributed by atoms with Crippen LogP contribution in [0.4, 0.5) is 0 Å². The average molecular weight is 409 g/mol. The molecule has 0 saturated carbocycles. The number of nitrogens with zero attached hydrogens (tertiary/aromatic N) is 2. The predicted octanol–water partition coefficient (Wildman–Crippen LogP) is 2.63. The van der Waals surface area contributed by atoms with Crippen molar-refractivity contribution < 1.29 is 8.42 Å². The van der Waals surface area contributed by atoms with Gasteiger partial charge in [0.05, 0.1) is 15.6 Å². The molecule has 1 aromatic carbocycles. The molecule has 0 atom stereocenters. The Hall–Kier alpha value is -1.93. The summed E-state index contributed by atoms with van der Waals surface area (Å²) in [5.74, 6) is 0.712. The molecule has 0 radical (unpaired) electrons. The summed E-state index contributed by atoms with van der Waals surface area (Å²) in [7, 11) is -1.46. The number of sulfone groups is 1. The van der Waals surface area contributed by atoms with E-state index in [-0.39, 0.29) is 0 Å².